The molecular weight excluding hydrogens is 568 g/mol. The number of hydrogen-bond acceptors (Lipinski definition) is 5. The third-order valence-corrected chi connectivity index (χ3v) is 7.65. The van der Waals surface area contributed by atoms with Crippen molar-refractivity contribution in [1.82, 2.24) is 14.5 Å². The molecule has 6 rings (SSSR count). The summed E-state index contributed by atoms with van der Waals surface area (Å²) in [5, 5.41) is 10.4. The molecular formula is C31H24Cl2FN3O4. The quantitative estimate of drug-likeness (QED) is 0.195. The fourth-order valence-electron chi connectivity index (χ4n) is 4.74. The Labute approximate surface area is 245 Å². The third kappa shape index (κ3) is 5.91. The second kappa shape index (κ2) is 11.5. The van der Waals surface area contributed by atoms with Crippen LogP contribution < -0.4 is 4.74 Å². The first-order valence-electron chi connectivity index (χ1n) is 13.0. The van der Waals surface area contributed by atoms with Crippen molar-refractivity contribution < 1.29 is 23.8 Å². The van der Waals surface area contributed by atoms with Crippen LogP contribution in [0.25, 0.3) is 22.3 Å². The number of halogens is 3. The number of hydrogen-bond donors (Lipinski definition) is 1. The Kier molecular flexibility index (Phi) is 7.62. The van der Waals surface area contributed by atoms with Gasteiger partial charge in [-0.25, -0.2) is 19.2 Å². The average molecular weight is 592 g/mol. The molecule has 0 radical (unpaired) electrons. The normalized spacial score (nSPS) is 14.7. The maximum atomic E-state index is 14.1. The van der Waals surface area contributed by atoms with E-state index in [0.717, 1.165) is 41.0 Å². The molecule has 0 amide bonds. The number of carbonyl (C=O) groups is 1. The van der Waals surface area contributed by atoms with E-state index in [4.69, 9.17) is 37.7 Å². The van der Waals surface area contributed by atoms with Crippen LogP contribution in [0, 0.1) is 5.82 Å². The summed E-state index contributed by atoms with van der Waals surface area (Å²) in [7, 11) is 0. The molecule has 0 spiro atoms. The Hall–Kier alpha value is -3.98. The summed E-state index contributed by atoms with van der Waals surface area (Å²) < 4.78 is 27.5. The van der Waals surface area contributed by atoms with E-state index in [0.29, 0.717) is 40.1 Å². The number of rotatable bonds is 9. The summed E-state index contributed by atoms with van der Waals surface area (Å²) in [6.45, 7) is 1.32. The molecule has 2 aromatic heterocycles. The van der Waals surface area contributed by atoms with Gasteiger partial charge in [-0.1, -0.05) is 47.5 Å². The zero-order valence-corrected chi connectivity index (χ0v) is 23.2. The fourth-order valence-corrected chi connectivity index (χ4v) is 5.15. The molecule has 0 bridgehead atoms. The van der Waals surface area contributed by atoms with Crippen molar-refractivity contribution in [1.29, 1.82) is 0 Å². The van der Waals surface area contributed by atoms with Gasteiger partial charge >= 0.3 is 5.97 Å². The molecule has 41 heavy (non-hydrogen) atoms. The average Bonchev–Trinajstić information content (AvgIpc) is 3.27. The molecule has 1 unspecified atom stereocenters. The van der Waals surface area contributed by atoms with Crippen molar-refractivity contribution in [2.24, 2.45) is 0 Å². The first-order chi connectivity index (χ1) is 19.8. The van der Waals surface area contributed by atoms with E-state index in [-0.39, 0.29) is 18.3 Å². The van der Waals surface area contributed by atoms with Crippen LogP contribution in [0.3, 0.4) is 0 Å². The molecule has 1 atom stereocenters. The number of aromatic nitrogens is 3. The second-order valence-electron chi connectivity index (χ2n) is 9.80. The van der Waals surface area contributed by atoms with Gasteiger partial charge < -0.3 is 19.1 Å². The minimum Gasteiger partial charge on any atom is -0.478 e. The van der Waals surface area contributed by atoms with Gasteiger partial charge in [-0.3, -0.25) is 0 Å². The highest BCUT2D eigenvalue weighted by atomic mass is 35.5. The zero-order chi connectivity index (χ0) is 28.5. The van der Waals surface area contributed by atoms with Gasteiger partial charge in [0.2, 0.25) is 5.88 Å². The summed E-state index contributed by atoms with van der Waals surface area (Å²) in [5.74, 6) is -0.299. The van der Waals surface area contributed by atoms with Gasteiger partial charge in [0.1, 0.15) is 18.2 Å². The van der Waals surface area contributed by atoms with Crippen LogP contribution in [0.2, 0.25) is 10.0 Å². The highest BCUT2D eigenvalue weighted by molar-refractivity contribution is 6.31. The molecule has 3 heterocycles. The Morgan fingerprint density at radius 3 is 2.61 bits per heavy atom. The largest absolute Gasteiger partial charge is 0.478 e. The molecule has 7 nitrogen and oxygen atoms in total. The van der Waals surface area contributed by atoms with E-state index in [1.165, 1.54) is 6.07 Å². The van der Waals surface area contributed by atoms with Crippen molar-refractivity contribution in [2.45, 2.75) is 32.1 Å². The van der Waals surface area contributed by atoms with Crippen LogP contribution in [-0.4, -0.2) is 38.3 Å². The molecule has 1 aliphatic rings. The van der Waals surface area contributed by atoms with Crippen LogP contribution >= 0.6 is 23.2 Å². The van der Waals surface area contributed by atoms with Gasteiger partial charge in [-0.2, -0.15) is 0 Å². The van der Waals surface area contributed by atoms with Crippen LogP contribution in [-0.2, 0) is 24.3 Å². The number of aromatic carboxylic acids is 1. The van der Waals surface area contributed by atoms with E-state index in [1.54, 1.807) is 36.4 Å². The lowest BCUT2D eigenvalue weighted by Crippen LogP contribution is -2.31. The molecule has 3 aromatic carbocycles. The molecule has 1 N–H and O–H groups in total. The topological polar surface area (TPSA) is 86.5 Å². The lowest BCUT2D eigenvalue weighted by molar-refractivity contribution is -0.0589. The number of imidazole rings is 1. The molecule has 5 aromatic rings. The van der Waals surface area contributed by atoms with Crippen LogP contribution in [0.4, 0.5) is 4.39 Å². The Balaban J connectivity index is 1.24. The maximum Gasteiger partial charge on any atom is 0.335 e. The highest BCUT2D eigenvalue weighted by Crippen LogP contribution is 2.29. The third-order valence-electron chi connectivity index (χ3n) is 7.07. The first-order valence-corrected chi connectivity index (χ1v) is 13.8. The Morgan fingerprint density at radius 1 is 1.05 bits per heavy atom. The zero-order valence-electron chi connectivity index (χ0n) is 21.7. The van der Waals surface area contributed by atoms with Crippen molar-refractivity contribution >= 4 is 40.2 Å². The van der Waals surface area contributed by atoms with Gasteiger partial charge in [0.25, 0.3) is 0 Å². The molecule has 0 aliphatic carbocycles. The lowest BCUT2D eigenvalue weighted by atomic mass is 10.1. The minimum absolute atomic E-state index is 0.0139. The predicted octanol–water partition coefficient (Wildman–Crippen LogP) is 7.20. The summed E-state index contributed by atoms with van der Waals surface area (Å²) in [6, 6.07) is 20.4. The van der Waals surface area contributed by atoms with E-state index in [2.05, 4.69) is 4.98 Å². The number of nitrogens with zero attached hydrogens (tertiary/aromatic N) is 3. The van der Waals surface area contributed by atoms with E-state index >= 15 is 0 Å². The molecule has 1 aliphatic heterocycles. The van der Waals surface area contributed by atoms with Gasteiger partial charge in [-0.15, -0.1) is 0 Å². The fraction of sp³-hybridized carbons (Fsp3) is 0.194. The van der Waals surface area contributed by atoms with Crippen LogP contribution in [0.5, 0.6) is 5.88 Å². The number of fused-ring (bicyclic) bond motifs is 1. The van der Waals surface area contributed by atoms with Gasteiger partial charge in [0.15, 0.2) is 0 Å². The van der Waals surface area contributed by atoms with Crippen molar-refractivity contribution in [3.05, 3.63) is 111 Å². The maximum absolute atomic E-state index is 14.1. The minimum atomic E-state index is -0.986. The van der Waals surface area contributed by atoms with Gasteiger partial charge in [-0.05, 0) is 54.4 Å². The summed E-state index contributed by atoms with van der Waals surface area (Å²) in [5.41, 5.74) is 4.37. The second-order valence-corrected chi connectivity index (χ2v) is 10.6. The Morgan fingerprint density at radius 2 is 1.88 bits per heavy atom. The number of ether oxygens (including phenoxy) is 2. The number of carboxylic acids is 1. The standard InChI is InChI=1S/C31H24Cl2FN3O4/c32-22-8-6-21(25(34)15-22)17-41-30-3-1-2-26(36-30)19-5-4-18(24(33)12-19)14-29-35-27-9-7-20(31(38)39)13-28(27)37(29)16-23-10-11-40-23/h1-9,12-13,15,23H,10-11,14,16-17H2,(H,38,39). The monoisotopic (exact) mass is 591 g/mol. The van der Waals surface area contributed by atoms with E-state index in [9.17, 15) is 14.3 Å². The number of pyridine rings is 1. The van der Waals surface area contributed by atoms with E-state index < -0.39 is 11.8 Å². The molecule has 1 fully saturated rings. The van der Waals surface area contributed by atoms with Crippen molar-refractivity contribution in [3.8, 4) is 17.1 Å². The van der Waals surface area contributed by atoms with Crippen LogP contribution in [0.15, 0.2) is 72.8 Å². The molecule has 0 saturated carbocycles. The molecule has 10 heteroatoms. The van der Waals surface area contributed by atoms with Crippen molar-refractivity contribution in [2.75, 3.05) is 6.61 Å². The lowest BCUT2D eigenvalue weighted by Gasteiger charge is -2.27. The van der Waals surface area contributed by atoms with Gasteiger partial charge in [0.05, 0.1) is 34.9 Å². The van der Waals surface area contributed by atoms with Crippen molar-refractivity contribution in [3.63, 3.8) is 0 Å². The highest BCUT2D eigenvalue weighted by Gasteiger charge is 2.23. The summed E-state index contributed by atoms with van der Waals surface area (Å²) in [6.07, 6.45) is 1.46. The number of carboxylic acid groups (broad SMARTS) is 1. The first kappa shape index (κ1) is 27.2. The SMILES string of the molecule is O=C(O)c1ccc2nc(Cc3ccc(-c4cccc(OCc5ccc(Cl)cc5F)n4)cc3Cl)n(CC3CCO3)c2c1. The van der Waals surface area contributed by atoms with E-state index in [1.807, 2.05) is 34.9 Å². The van der Waals surface area contributed by atoms with Crippen LogP contribution in [0.1, 0.15) is 33.7 Å². The predicted molar refractivity (Wildman–Crippen MR) is 154 cm³/mol. The molecule has 1 saturated heterocycles. The smallest absolute Gasteiger partial charge is 0.335 e. The summed E-state index contributed by atoms with van der Waals surface area (Å²) >= 11 is 12.6. The van der Waals surface area contributed by atoms with Gasteiger partial charge in [0, 0.05) is 40.3 Å². The number of benzene rings is 3. The summed E-state index contributed by atoms with van der Waals surface area (Å²) in [4.78, 5) is 20.9. The Bertz CT molecular complexity index is 1770. The molecule has 208 valence electrons.